The summed E-state index contributed by atoms with van der Waals surface area (Å²) in [5.41, 5.74) is 6.09. The standard InChI is InChI=1S/C31H53N5O15P2/c1-2-3-4-5-6-7-8-9-10-11-12-13-14-15-22(37)50-27-25(39)21(49-31(27)41)17-47-53(44,45)51-52(42,43)46-16-20-24(38)26(40)30(48-20)36-19-35-23-28(32)33-18-34-29(23)36/h18-21,24-27,30-31,38-41H,2-17H2,1H3,(H,42,43)(H,44,45)(H2,32,33,34)/p-2/t20-,21-,24-,25-,26-,27-,30-,31?/m1/s1. The summed E-state index contributed by atoms with van der Waals surface area (Å²) in [5, 5.41) is 41.6. The second-order valence-corrected chi connectivity index (χ2v) is 16.2. The van der Waals surface area contributed by atoms with Gasteiger partial charge in [-0.05, 0) is 6.42 Å². The van der Waals surface area contributed by atoms with E-state index in [2.05, 4.69) is 35.2 Å². The van der Waals surface area contributed by atoms with Gasteiger partial charge in [-0.15, -0.1) is 0 Å². The van der Waals surface area contributed by atoms with Gasteiger partial charge in [0.15, 0.2) is 30.1 Å². The molecule has 20 nitrogen and oxygen atoms in total. The molecular weight excluding hydrogens is 744 g/mol. The van der Waals surface area contributed by atoms with Crippen LogP contribution in [0.2, 0.25) is 0 Å². The number of hydrogen-bond acceptors (Lipinski definition) is 19. The van der Waals surface area contributed by atoms with E-state index in [1.54, 1.807) is 0 Å². The van der Waals surface area contributed by atoms with Gasteiger partial charge in [-0.2, -0.15) is 0 Å². The Kier molecular flexibility index (Phi) is 17.0. The van der Waals surface area contributed by atoms with Crippen molar-refractivity contribution in [3.8, 4) is 0 Å². The molecule has 2 aromatic heterocycles. The zero-order valence-electron chi connectivity index (χ0n) is 29.6. The van der Waals surface area contributed by atoms with Gasteiger partial charge >= 0.3 is 5.97 Å². The molecule has 0 spiro atoms. The lowest BCUT2D eigenvalue weighted by atomic mass is 10.0. The lowest BCUT2D eigenvalue weighted by Gasteiger charge is -2.32. The van der Waals surface area contributed by atoms with Crippen molar-refractivity contribution < 1.29 is 71.7 Å². The number of esters is 1. The van der Waals surface area contributed by atoms with Crippen LogP contribution < -0.4 is 15.5 Å². The second kappa shape index (κ2) is 20.7. The number of unbranched alkanes of at least 4 members (excludes halogenated alkanes) is 12. The molecule has 22 heteroatoms. The lowest BCUT2D eigenvalue weighted by Crippen LogP contribution is -2.38. The Morgan fingerprint density at radius 3 is 1.94 bits per heavy atom. The SMILES string of the molecule is CCCCCCCCCCCCCCCC(=O)O[C@H]1C(O)O[C@H](COP(=O)([O-])OP(=O)([O-])OC[C@H]2O[C@@H](n3cnc4c(N)ncnc43)[C@H](O)[C@@H]2O)[C@H]1O. The van der Waals surface area contributed by atoms with E-state index in [1.165, 1.54) is 62.3 Å². The maximum absolute atomic E-state index is 12.3. The number of carbonyl (C=O) groups is 1. The molecule has 0 aliphatic carbocycles. The number of nitrogen functional groups attached to an aromatic ring is 1. The summed E-state index contributed by atoms with van der Waals surface area (Å²) in [6.45, 7) is 0.207. The minimum atomic E-state index is -5.69. The first-order valence-electron chi connectivity index (χ1n) is 18.0. The van der Waals surface area contributed by atoms with Gasteiger partial charge in [-0.25, -0.2) is 19.3 Å². The zero-order valence-corrected chi connectivity index (χ0v) is 31.4. The highest BCUT2D eigenvalue weighted by Crippen LogP contribution is 2.56. The van der Waals surface area contributed by atoms with Crippen LogP contribution in [0, 0.1) is 0 Å². The number of phosphoric acid groups is 2. The summed E-state index contributed by atoms with van der Waals surface area (Å²) in [6, 6.07) is 0. The summed E-state index contributed by atoms with van der Waals surface area (Å²) in [6.07, 6.45) is 4.39. The third-order valence-corrected chi connectivity index (χ3v) is 11.6. The molecule has 4 rings (SSSR count). The van der Waals surface area contributed by atoms with E-state index in [-0.39, 0.29) is 23.4 Å². The van der Waals surface area contributed by atoms with Crippen molar-refractivity contribution in [2.75, 3.05) is 18.9 Å². The predicted molar refractivity (Wildman–Crippen MR) is 181 cm³/mol. The number of nitrogens with two attached hydrogens (primary N) is 1. The van der Waals surface area contributed by atoms with E-state index in [9.17, 15) is 44.1 Å². The fourth-order valence-corrected chi connectivity index (χ4v) is 8.15. The molecule has 302 valence electrons. The molecule has 3 unspecified atom stereocenters. The third-order valence-electron chi connectivity index (χ3n) is 9.06. The lowest BCUT2D eigenvalue weighted by molar-refractivity contribution is -0.247. The largest absolute Gasteiger partial charge is 0.756 e. The molecular formula is C31H51N5O15P2-2. The van der Waals surface area contributed by atoms with Gasteiger partial charge in [0.25, 0.3) is 15.6 Å². The Morgan fingerprint density at radius 1 is 0.811 bits per heavy atom. The van der Waals surface area contributed by atoms with E-state index in [1.807, 2.05) is 0 Å². The second-order valence-electron chi connectivity index (χ2n) is 13.2. The fraction of sp³-hybridized carbons (Fsp3) is 0.806. The molecule has 6 N–H and O–H groups in total. The predicted octanol–water partition coefficient (Wildman–Crippen LogP) is 1.49. The normalized spacial score (nSPS) is 28.3. The van der Waals surface area contributed by atoms with Crippen LogP contribution in [0.4, 0.5) is 5.82 Å². The number of nitrogens with zero attached hydrogens (tertiary/aromatic N) is 4. The van der Waals surface area contributed by atoms with Gasteiger partial charge in [0, 0.05) is 6.42 Å². The molecule has 53 heavy (non-hydrogen) atoms. The van der Waals surface area contributed by atoms with Crippen LogP contribution in [0.25, 0.3) is 11.2 Å². The Bertz CT molecular complexity index is 1540. The Morgan fingerprint density at radius 2 is 1.36 bits per heavy atom. The summed E-state index contributed by atoms with van der Waals surface area (Å²) in [5.74, 6) is -0.643. The van der Waals surface area contributed by atoms with Crippen molar-refractivity contribution in [3.63, 3.8) is 0 Å². The molecule has 0 amide bonds. The van der Waals surface area contributed by atoms with Gasteiger partial charge in [-0.3, -0.25) is 18.5 Å². The topological polar surface area (TPSA) is 303 Å². The minimum Gasteiger partial charge on any atom is -0.756 e. The van der Waals surface area contributed by atoms with Crippen LogP contribution in [0.3, 0.4) is 0 Å². The first kappa shape index (κ1) is 43.6. The monoisotopic (exact) mass is 795 g/mol. The summed E-state index contributed by atoms with van der Waals surface area (Å²) >= 11 is 0. The Hall–Kier alpha value is -2.16. The summed E-state index contributed by atoms with van der Waals surface area (Å²) < 4.78 is 54.8. The summed E-state index contributed by atoms with van der Waals surface area (Å²) in [7, 11) is -11.4. The number of carbonyl (C=O) groups excluding carboxylic acids is 1. The average molecular weight is 796 g/mol. The number of aliphatic hydroxyl groups is 4. The molecule has 2 saturated heterocycles. The van der Waals surface area contributed by atoms with Crippen molar-refractivity contribution in [2.24, 2.45) is 0 Å². The molecule has 2 aliphatic heterocycles. The number of ether oxygens (including phenoxy) is 3. The first-order valence-corrected chi connectivity index (χ1v) is 20.9. The molecule has 0 saturated carbocycles. The van der Waals surface area contributed by atoms with Crippen LogP contribution in [0.5, 0.6) is 0 Å². The van der Waals surface area contributed by atoms with Crippen molar-refractivity contribution in [2.45, 2.75) is 146 Å². The highest BCUT2D eigenvalue weighted by atomic mass is 31.3. The number of aromatic nitrogens is 4. The molecule has 2 fully saturated rings. The number of aliphatic hydroxyl groups excluding tert-OH is 4. The molecule has 10 atom stereocenters. The van der Waals surface area contributed by atoms with Gasteiger partial charge in [0.05, 0.1) is 19.5 Å². The van der Waals surface area contributed by atoms with Crippen LogP contribution in [0.1, 0.15) is 103 Å². The van der Waals surface area contributed by atoms with Crippen molar-refractivity contribution in [1.29, 1.82) is 0 Å². The van der Waals surface area contributed by atoms with Gasteiger partial charge in [-0.1, -0.05) is 84.0 Å². The molecule has 4 heterocycles. The van der Waals surface area contributed by atoms with Gasteiger partial charge < -0.3 is 59.2 Å². The van der Waals surface area contributed by atoms with Gasteiger partial charge in [0.2, 0.25) is 0 Å². The fourth-order valence-electron chi connectivity index (χ4n) is 6.13. The number of rotatable bonds is 24. The van der Waals surface area contributed by atoms with Gasteiger partial charge in [0.1, 0.15) is 42.4 Å². The minimum absolute atomic E-state index is 0.0409. The molecule has 0 radical (unpaired) electrons. The van der Waals surface area contributed by atoms with Crippen LogP contribution in [-0.2, 0) is 41.5 Å². The van der Waals surface area contributed by atoms with Crippen LogP contribution in [-0.4, -0.2) is 102 Å². The molecule has 0 aromatic carbocycles. The number of hydrogen-bond donors (Lipinski definition) is 5. The highest BCUT2D eigenvalue weighted by molar-refractivity contribution is 7.59. The average Bonchev–Trinajstić information content (AvgIpc) is 3.74. The Balaban J connectivity index is 1.12. The van der Waals surface area contributed by atoms with E-state index in [0.29, 0.717) is 6.42 Å². The third kappa shape index (κ3) is 13.0. The smallest absolute Gasteiger partial charge is 0.306 e. The number of anilines is 1. The van der Waals surface area contributed by atoms with Crippen molar-refractivity contribution >= 4 is 38.6 Å². The van der Waals surface area contributed by atoms with Crippen LogP contribution in [0.15, 0.2) is 12.7 Å². The number of imidazole rings is 1. The van der Waals surface area contributed by atoms with Crippen LogP contribution >= 0.6 is 15.6 Å². The maximum atomic E-state index is 12.3. The van der Waals surface area contributed by atoms with E-state index >= 15 is 0 Å². The van der Waals surface area contributed by atoms with E-state index in [0.717, 1.165) is 32.0 Å². The zero-order chi connectivity index (χ0) is 38.6. The number of fused-ring (bicyclic) bond motifs is 1. The number of phosphoric ester groups is 2. The van der Waals surface area contributed by atoms with Crippen molar-refractivity contribution in [3.05, 3.63) is 12.7 Å². The Labute approximate surface area is 307 Å². The molecule has 2 aliphatic rings. The van der Waals surface area contributed by atoms with Crippen molar-refractivity contribution in [1.82, 2.24) is 19.5 Å². The maximum Gasteiger partial charge on any atom is 0.306 e. The summed E-state index contributed by atoms with van der Waals surface area (Å²) in [4.78, 5) is 48.8. The molecule has 0 bridgehead atoms. The van der Waals surface area contributed by atoms with E-state index < -0.39 is 84.0 Å². The van der Waals surface area contributed by atoms with E-state index in [4.69, 9.17) is 19.9 Å². The quantitative estimate of drug-likeness (QED) is 0.0571. The molecule has 2 aromatic rings. The first-order chi connectivity index (χ1) is 25.2. The highest BCUT2D eigenvalue weighted by Gasteiger charge is 2.47.